The van der Waals surface area contributed by atoms with Crippen LogP contribution in [-0.2, 0) is 13.1 Å². The van der Waals surface area contributed by atoms with Crippen LogP contribution in [-0.4, -0.2) is 65.6 Å². The standard InChI is InChI=1S/C23H36N4O3/c1-29-22-8-7-20(16-24-9-13-27-14-10-25-19-27)23(15-22)30-18-21(28)17-26-11-5-3-2-4-6-12-26/h7-8,10,14-15,19,21,24,28H,2-6,9,11-13,16-18H2,1H3. The fourth-order valence-electron chi connectivity index (χ4n) is 3.82. The van der Waals surface area contributed by atoms with Crippen LogP contribution in [0.2, 0.25) is 0 Å². The predicted octanol–water partition coefficient (Wildman–Crippen LogP) is 2.69. The van der Waals surface area contributed by atoms with Crippen molar-refractivity contribution >= 4 is 0 Å². The van der Waals surface area contributed by atoms with E-state index in [9.17, 15) is 5.11 Å². The number of benzene rings is 1. The number of methoxy groups -OCH3 is 1. The summed E-state index contributed by atoms with van der Waals surface area (Å²) in [5.41, 5.74) is 1.06. The Labute approximate surface area is 180 Å². The molecule has 30 heavy (non-hydrogen) atoms. The Morgan fingerprint density at radius 1 is 1.17 bits per heavy atom. The molecule has 0 amide bonds. The zero-order chi connectivity index (χ0) is 21.0. The van der Waals surface area contributed by atoms with E-state index in [2.05, 4.69) is 15.2 Å². The average Bonchev–Trinajstić information content (AvgIpc) is 3.25. The minimum atomic E-state index is -0.502. The van der Waals surface area contributed by atoms with E-state index in [1.165, 1.54) is 32.1 Å². The van der Waals surface area contributed by atoms with Crippen LogP contribution in [0.5, 0.6) is 11.5 Å². The molecule has 0 bridgehead atoms. The second-order valence-electron chi connectivity index (χ2n) is 7.98. The Kier molecular flexibility index (Phi) is 9.47. The third kappa shape index (κ3) is 7.63. The van der Waals surface area contributed by atoms with Crippen LogP contribution in [0, 0.1) is 0 Å². The van der Waals surface area contributed by atoms with E-state index in [4.69, 9.17) is 9.47 Å². The average molecular weight is 417 g/mol. The van der Waals surface area contributed by atoms with Crippen molar-refractivity contribution in [3.8, 4) is 11.5 Å². The minimum Gasteiger partial charge on any atom is -0.497 e. The van der Waals surface area contributed by atoms with Gasteiger partial charge in [-0.15, -0.1) is 0 Å². The quantitative estimate of drug-likeness (QED) is 0.549. The fraction of sp³-hybridized carbons (Fsp3) is 0.609. The van der Waals surface area contributed by atoms with Gasteiger partial charge in [0.15, 0.2) is 0 Å². The van der Waals surface area contributed by atoms with Crippen LogP contribution in [0.15, 0.2) is 36.9 Å². The van der Waals surface area contributed by atoms with Gasteiger partial charge in [0.25, 0.3) is 0 Å². The number of nitrogens with one attached hydrogen (secondary N) is 1. The molecule has 1 aromatic carbocycles. The summed E-state index contributed by atoms with van der Waals surface area (Å²) >= 11 is 0. The molecule has 1 unspecified atom stereocenters. The van der Waals surface area contributed by atoms with Crippen LogP contribution < -0.4 is 14.8 Å². The van der Waals surface area contributed by atoms with Crippen LogP contribution >= 0.6 is 0 Å². The van der Waals surface area contributed by atoms with Crippen molar-refractivity contribution in [2.75, 3.05) is 39.9 Å². The van der Waals surface area contributed by atoms with Gasteiger partial charge >= 0.3 is 0 Å². The third-order valence-electron chi connectivity index (χ3n) is 5.54. The number of imidazole rings is 1. The normalized spacial score (nSPS) is 16.6. The second kappa shape index (κ2) is 12.6. The lowest BCUT2D eigenvalue weighted by molar-refractivity contribution is 0.0650. The Hall–Kier alpha value is -2.09. The Morgan fingerprint density at radius 3 is 2.70 bits per heavy atom. The first-order valence-corrected chi connectivity index (χ1v) is 11.1. The Bertz CT molecular complexity index is 715. The smallest absolute Gasteiger partial charge is 0.127 e. The molecule has 3 rings (SSSR count). The topological polar surface area (TPSA) is 71.8 Å². The molecule has 0 spiro atoms. The summed E-state index contributed by atoms with van der Waals surface area (Å²) in [4.78, 5) is 6.43. The molecular weight excluding hydrogens is 380 g/mol. The molecule has 2 heterocycles. The highest BCUT2D eigenvalue weighted by atomic mass is 16.5. The zero-order valence-corrected chi connectivity index (χ0v) is 18.1. The van der Waals surface area contributed by atoms with E-state index in [1.807, 2.05) is 35.3 Å². The lowest BCUT2D eigenvalue weighted by Gasteiger charge is -2.27. The van der Waals surface area contributed by atoms with Crippen LogP contribution in [0.4, 0.5) is 0 Å². The lowest BCUT2D eigenvalue weighted by atomic mass is 10.1. The summed E-state index contributed by atoms with van der Waals surface area (Å²) in [6, 6.07) is 5.86. The van der Waals surface area contributed by atoms with E-state index in [-0.39, 0.29) is 6.61 Å². The number of hydrogen-bond donors (Lipinski definition) is 2. The Morgan fingerprint density at radius 2 is 1.97 bits per heavy atom. The molecule has 7 nitrogen and oxygen atoms in total. The summed E-state index contributed by atoms with van der Waals surface area (Å²) in [7, 11) is 1.65. The highest BCUT2D eigenvalue weighted by Gasteiger charge is 2.15. The van der Waals surface area contributed by atoms with Crippen LogP contribution in [0.3, 0.4) is 0 Å². The predicted molar refractivity (Wildman–Crippen MR) is 118 cm³/mol. The molecule has 1 aliphatic heterocycles. The van der Waals surface area contributed by atoms with Gasteiger partial charge in [-0.25, -0.2) is 4.98 Å². The molecule has 0 radical (unpaired) electrons. The molecule has 1 fully saturated rings. The molecule has 1 aliphatic rings. The monoisotopic (exact) mass is 416 g/mol. The first kappa shape index (κ1) is 22.6. The van der Waals surface area contributed by atoms with Crippen molar-refractivity contribution < 1.29 is 14.6 Å². The highest BCUT2D eigenvalue weighted by molar-refractivity contribution is 5.40. The number of ether oxygens (including phenoxy) is 2. The molecule has 1 aromatic heterocycles. The van der Waals surface area contributed by atoms with E-state index in [0.717, 1.165) is 43.2 Å². The third-order valence-corrected chi connectivity index (χ3v) is 5.54. The van der Waals surface area contributed by atoms with Crippen LogP contribution in [0.1, 0.15) is 37.7 Å². The lowest BCUT2D eigenvalue weighted by Crippen LogP contribution is -2.37. The molecule has 2 N–H and O–H groups in total. The minimum absolute atomic E-state index is 0.283. The molecular formula is C23H36N4O3. The second-order valence-corrected chi connectivity index (χ2v) is 7.98. The van der Waals surface area contributed by atoms with Gasteiger partial charge in [-0.1, -0.05) is 25.3 Å². The number of nitrogens with zero attached hydrogens (tertiary/aromatic N) is 3. The first-order valence-electron chi connectivity index (χ1n) is 11.1. The summed E-state index contributed by atoms with van der Waals surface area (Å²) in [6.07, 6.45) is 11.4. The Balaban J connectivity index is 1.48. The molecule has 2 aromatic rings. The van der Waals surface area contributed by atoms with Crippen LogP contribution in [0.25, 0.3) is 0 Å². The molecule has 166 valence electrons. The zero-order valence-electron chi connectivity index (χ0n) is 18.1. The van der Waals surface area contributed by atoms with Crippen molar-refractivity contribution in [3.05, 3.63) is 42.5 Å². The van der Waals surface area contributed by atoms with E-state index in [1.54, 1.807) is 13.3 Å². The SMILES string of the molecule is COc1ccc(CNCCn2ccnc2)c(OCC(O)CN2CCCCCCC2)c1. The van der Waals surface area contributed by atoms with Gasteiger partial charge in [0.1, 0.15) is 24.2 Å². The molecule has 0 saturated carbocycles. The van der Waals surface area contributed by atoms with E-state index in [0.29, 0.717) is 13.1 Å². The maximum Gasteiger partial charge on any atom is 0.127 e. The van der Waals surface area contributed by atoms with Crippen molar-refractivity contribution in [3.63, 3.8) is 0 Å². The van der Waals surface area contributed by atoms with Crippen molar-refractivity contribution in [2.24, 2.45) is 0 Å². The number of aliphatic hydroxyl groups excluding tert-OH is 1. The van der Waals surface area contributed by atoms with Gasteiger partial charge in [0.2, 0.25) is 0 Å². The van der Waals surface area contributed by atoms with Gasteiger partial charge < -0.3 is 29.4 Å². The van der Waals surface area contributed by atoms with E-state index < -0.39 is 6.10 Å². The highest BCUT2D eigenvalue weighted by Crippen LogP contribution is 2.25. The fourth-order valence-corrected chi connectivity index (χ4v) is 3.82. The van der Waals surface area contributed by atoms with E-state index >= 15 is 0 Å². The number of hydrogen-bond acceptors (Lipinski definition) is 6. The number of rotatable bonds is 11. The summed E-state index contributed by atoms with van der Waals surface area (Å²) < 4.78 is 13.4. The summed E-state index contributed by atoms with van der Waals surface area (Å²) in [5.74, 6) is 1.52. The molecule has 1 saturated heterocycles. The molecule has 0 aliphatic carbocycles. The van der Waals surface area contributed by atoms with Gasteiger partial charge in [-0.05, 0) is 32.0 Å². The van der Waals surface area contributed by atoms with Gasteiger partial charge in [0.05, 0.1) is 13.4 Å². The van der Waals surface area contributed by atoms with Gasteiger partial charge in [-0.2, -0.15) is 0 Å². The maximum atomic E-state index is 10.5. The van der Waals surface area contributed by atoms with Gasteiger partial charge in [0, 0.05) is 50.2 Å². The van der Waals surface area contributed by atoms with Crippen molar-refractivity contribution in [1.29, 1.82) is 0 Å². The number of aliphatic hydroxyl groups is 1. The number of β-amino-alcohol motifs (C(OH)–C–C–N with tert-alkyl or cyclic N) is 1. The maximum absolute atomic E-state index is 10.5. The summed E-state index contributed by atoms with van der Waals surface area (Å²) in [6.45, 7) is 5.48. The largest absolute Gasteiger partial charge is 0.497 e. The molecule has 1 atom stereocenters. The summed E-state index contributed by atoms with van der Waals surface area (Å²) in [5, 5.41) is 14.0. The van der Waals surface area contributed by atoms with Crippen molar-refractivity contribution in [1.82, 2.24) is 19.8 Å². The number of aromatic nitrogens is 2. The number of likely N-dealkylation sites (tertiary alicyclic amines) is 1. The van der Waals surface area contributed by atoms with Crippen molar-refractivity contribution in [2.45, 2.75) is 51.3 Å². The molecule has 7 heteroatoms. The van der Waals surface area contributed by atoms with Gasteiger partial charge in [-0.3, -0.25) is 0 Å². The first-order chi connectivity index (χ1) is 14.7.